The number of benzene rings is 1. The van der Waals surface area contributed by atoms with Crippen LogP contribution in [-0.4, -0.2) is 24.4 Å². The van der Waals surface area contributed by atoms with Crippen molar-refractivity contribution >= 4 is 11.8 Å². The lowest BCUT2D eigenvalue weighted by Gasteiger charge is -2.18. The molecular formula is C14H20F3NOS. The highest BCUT2D eigenvalue weighted by atomic mass is 32.2. The number of alkyl halides is 3. The molecule has 1 N–H and O–H groups in total. The minimum absolute atomic E-state index is 0.0433. The van der Waals surface area contributed by atoms with Crippen LogP contribution < -0.4 is 10.1 Å². The smallest absolute Gasteiger partial charge is 0.441 e. The van der Waals surface area contributed by atoms with Gasteiger partial charge in [0.1, 0.15) is 5.75 Å². The van der Waals surface area contributed by atoms with E-state index in [4.69, 9.17) is 4.74 Å². The molecule has 0 fully saturated rings. The molecule has 0 aromatic heterocycles. The highest BCUT2D eigenvalue weighted by molar-refractivity contribution is 8.00. The van der Waals surface area contributed by atoms with E-state index >= 15 is 0 Å². The monoisotopic (exact) mass is 307 g/mol. The molecule has 1 atom stereocenters. The Bertz CT molecular complexity index is 398. The van der Waals surface area contributed by atoms with Gasteiger partial charge in [0.15, 0.2) is 0 Å². The normalized spacial score (nSPS) is 13.2. The average molecular weight is 307 g/mol. The van der Waals surface area contributed by atoms with Crippen LogP contribution in [0.3, 0.4) is 0 Å². The maximum atomic E-state index is 12.0. The Morgan fingerprint density at radius 2 is 2.00 bits per heavy atom. The zero-order chi connectivity index (χ0) is 15.0. The Hall–Kier alpha value is -0.880. The van der Waals surface area contributed by atoms with E-state index in [2.05, 4.69) is 12.2 Å². The van der Waals surface area contributed by atoms with Crippen LogP contribution in [0, 0.1) is 0 Å². The lowest BCUT2D eigenvalue weighted by Crippen LogP contribution is -2.20. The van der Waals surface area contributed by atoms with Crippen LogP contribution in [0.5, 0.6) is 5.75 Å². The summed E-state index contributed by atoms with van der Waals surface area (Å²) in [6, 6.07) is 7.55. The van der Waals surface area contributed by atoms with E-state index in [0.717, 1.165) is 18.5 Å². The van der Waals surface area contributed by atoms with Gasteiger partial charge in [-0.05, 0) is 37.7 Å². The third-order valence-corrected chi connectivity index (χ3v) is 3.39. The van der Waals surface area contributed by atoms with Crippen LogP contribution in [-0.2, 0) is 0 Å². The summed E-state index contributed by atoms with van der Waals surface area (Å²) in [7, 11) is 0. The van der Waals surface area contributed by atoms with E-state index in [1.165, 1.54) is 0 Å². The molecule has 1 unspecified atom stereocenters. The second-order valence-corrected chi connectivity index (χ2v) is 5.52. The van der Waals surface area contributed by atoms with Crippen molar-refractivity contribution in [3.05, 3.63) is 29.8 Å². The number of hydrogen-bond donors (Lipinski definition) is 1. The van der Waals surface area contributed by atoms with Gasteiger partial charge in [0.05, 0.1) is 6.61 Å². The zero-order valence-corrected chi connectivity index (χ0v) is 12.5. The van der Waals surface area contributed by atoms with Gasteiger partial charge in [-0.15, -0.1) is 0 Å². The van der Waals surface area contributed by atoms with E-state index < -0.39 is 5.51 Å². The number of halogens is 3. The van der Waals surface area contributed by atoms with E-state index in [0.29, 0.717) is 5.75 Å². The minimum atomic E-state index is -4.20. The Labute approximate surface area is 122 Å². The Morgan fingerprint density at radius 1 is 1.30 bits per heavy atom. The summed E-state index contributed by atoms with van der Waals surface area (Å²) in [4.78, 5) is 0. The number of nitrogens with one attached hydrogen (secondary N) is 1. The SMILES string of the molecule is CCCNC(C)c1ccccc1OCCSC(F)(F)F. The summed E-state index contributed by atoms with van der Waals surface area (Å²) >= 11 is -0.0597. The number of hydrogen-bond acceptors (Lipinski definition) is 3. The first-order valence-corrected chi connectivity index (χ1v) is 7.58. The van der Waals surface area contributed by atoms with E-state index in [1.54, 1.807) is 6.07 Å². The van der Waals surface area contributed by atoms with Crippen LogP contribution in [0.2, 0.25) is 0 Å². The number of rotatable bonds is 8. The third-order valence-electron chi connectivity index (χ3n) is 2.69. The topological polar surface area (TPSA) is 21.3 Å². The fourth-order valence-electron chi connectivity index (χ4n) is 1.75. The zero-order valence-electron chi connectivity index (χ0n) is 11.7. The van der Waals surface area contributed by atoms with Crippen LogP contribution in [0.25, 0.3) is 0 Å². The van der Waals surface area contributed by atoms with Gasteiger partial charge >= 0.3 is 5.51 Å². The van der Waals surface area contributed by atoms with Gasteiger partial charge in [-0.1, -0.05) is 25.1 Å². The highest BCUT2D eigenvalue weighted by Crippen LogP contribution is 2.30. The average Bonchev–Trinajstić information content (AvgIpc) is 2.40. The first kappa shape index (κ1) is 17.2. The second-order valence-electron chi connectivity index (χ2n) is 4.36. The molecule has 114 valence electrons. The molecule has 0 radical (unpaired) electrons. The predicted molar refractivity (Wildman–Crippen MR) is 77.2 cm³/mol. The molecule has 1 aromatic carbocycles. The molecule has 1 rings (SSSR count). The summed E-state index contributed by atoms with van der Waals surface area (Å²) < 4.78 is 41.5. The molecule has 0 spiro atoms. The molecule has 20 heavy (non-hydrogen) atoms. The number of thioether (sulfide) groups is 1. The lowest BCUT2D eigenvalue weighted by molar-refractivity contribution is -0.0329. The predicted octanol–water partition coefficient (Wildman–Crippen LogP) is 4.38. The fraction of sp³-hybridized carbons (Fsp3) is 0.571. The molecule has 0 heterocycles. The Morgan fingerprint density at radius 3 is 2.65 bits per heavy atom. The molecule has 2 nitrogen and oxygen atoms in total. The maximum absolute atomic E-state index is 12.0. The van der Waals surface area contributed by atoms with Crippen molar-refractivity contribution in [1.82, 2.24) is 5.32 Å². The van der Waals surface area contributed by atoms with Gasteiger partial charge in [0.25, 0.3) is 0 Å². The molecule has 0 saturated heterocycles. The number of ether oxygens (including phenoxy) is 1. The summed E-state index contributed by atoms with van der Waals surface area (Å²) in [5.74, 6) is 0.542. The summed E-state index contributed by atoms with van der Waals surface area (Å²) in [6.07, 6.45) is 1.02. The minimum Gasteiger partial charge on any atom is -0.492 e. The molecule has 6 heteroatoms. The summed E-state index contributed by atoms with van der Waals surface area (Å²) in [5, 5.41) is 3.34. The number of para-hydroxylation sites is 1. The largest absolute Gasteiger partial charge is 0.492 e. The first-order chi connectivity index (χ1) is 9.44. The fourth-order valence-corrected chi connectivity index (χ4v) is 2.15. The van der Waals surface area contributed by atoms with Crippen molar-refractivity contribution in [3.8, 4) is 5.75 Å². The van der Waals surface area contributed by atoms with Crippen LogP contribution >= 0.6 is 11.8 Å². The standard InChI is InChI=1S/C14H20F3NOS/c1-3-8-18-11(2)12-6-4-5-7-13(12)19-9-10-20-14(15,16)17/h4-7,11,18H,3,8-10H2,1-2H3. The van der Waals surface area contributed by atoms with Gasteiger partial charge in [-0.25, -0.2) is 0 Å². The van der Waals surface area contributed by atoms with Gasteiger partial charge < -0.3 is 10.1 Å². The van der Waals surface area contributed by atoms with Crippen LogP contribution in [0.4, 0.5) is 13.2 Å². The molecule has 1 aromatic rings. The highest BCUT2D eigenvalue weighted by Gasteiger charge is 2.27. The van der Waals surface area contributed by atoms with Crippen molar-refractivity contribution in [2.24, 2.45) is 0 Å². The molecule has 0 aliphatic heterocycles. The van der Waals surface area contributed by atoms with Crippen molar-refractivity contribution in [3.63, 3.8) is 0 Å². The lowest BCUT2D eigenvalue weighted by atomic mass is 10.1. The van der Waals surface area contributed by atoms with Gasteiger partial charge in [-0.2, -0.15) is 13.2 Å². The maximum Gasteiger partial charge on any atom is 0.441 e. The molecule has 0 aliphatic carbocycles. The van der Waals surface area contributed by atoms with E-state index in [-0.39, 0.29) is 30.2 Å². The molecule has 0 amide bonds. The van der Waals surface area contributed by atoms with E-state index in [9.17, 15) is 13.2 Å². The molecule has 0 bridgehead atoms. The van der Waals surface area contributed by atoms with Crippen molar-refractivity contribution in [1.29, 1.82) is 0 Å². The quantitative estimate of drug-likeness (QED) is 0.720. The van der Waals surface area contributed by atoms with E-state index in [1.807, 2.05) is 25.1 Å². The summed E-state index contributed by atoms with van der Waals surface area (Å²) in [5.41, 5.74) is -3.23. The first-order valence-electron chi connectivity index (χ1n) is 6.60. The Kier molecular flexibility index (Phi) is 7.23. The van der Waals surface area contributed by atoms with Gasteiger partial charge in [-0.3, -0.25) is 0 Å². The third kappa shape index (κ3) is 6.52. The Balaban J connectivity index is 2.52. The van der Waals surface area contributed by atoms with Crippen molar-refractivity contribution < 1.29 is 17.9 Å². The van der Waals surface area contributed by atoms with Crippen LogP contribution in [0.1, 0.15) is 31.9 Å². The van der Waals surface area contributed by atoms with Crippen LogP contribution in [0.15, 0.2) is 24.3 Å². The van der Waals surface area contributed by atoms with Gasteiger partial charge in [0.2, 0.25) is 0 Å². The summed E-state index contributed by atoms with van der Waals surface area (Å²) in [6.45, 7) is 5.03. The van der Waals surface area contributed by atoms with Gasteiger partial charge in [0, 0.05) is 17.4 Å². The molecular weight excluding hydrogens is 287 g/mol. The second kappa shape index (κ2) is 8.42. The molecule has 0 aliphatic rings. The van der Waals surface area contributed by atoms with Crippen molar-refractivity contribution in [2.75, 3.05) is 18.9 Å². The van der Waals surface area contributed by atoms with Crippen molar-refractivity contribution in [2.45, 2.75) is 31.8 Å². The molecule has 0 saturated carbocycles.